The molecule has 56 valence electrons. The predicted molar refractivity (Wildman–Crippen MR) is 44.9 cm³/mol. The molecular formula is C6H4N2OS2. The van der Waals surface area contributed by atoms with Gasteiger partial charge in [0.25, 0.3) is 0 Å². The number of aromatic nitrogens is 2. The second kappa shape index (κ2) is 2.60. The van der Waals surface area contributed by atoms with Crippen molar-refractivity contribution in [1.29, 1.82) is 0 Å². The van der Waals surface area contributed by atoms with E-state index in [9.17, 15) is 0 Å². The summed E-state index contributed by atoms with van der Waals surface area (Å²) < 4.78 is 0. The highest BCUT2D eigenvalue weighted by molar-refractivity contribution is 7.19. The molecule has 0 bridgehead atoms. The number of hydrogen-bond acceptors (Lipinski definition) is 5. The van der Waals surface area contributed by atoms with E-state index in [0.717, 1.165) is 9.88 Å². The Morgan fingerprint density at radius 1 is 1.36 bits per heavy atom. The molecule has 3 nitrogen and oxygen atoms in total. The molecule has 0 aliphatic carbocycles. The predicted octanol–water partition coefficient (Wildman–Crippen LogP) is 1.97. The monoisotopic (exact) mass is 184 g/mol. The molecule has 1 N–H and O–H groups in total. The van der Waals surface area contributed by atoms with Crippen LogP contribution in [0.15, 0.2) is 17.1 Å². The van der Waals surface area contributed by atoms with E-state index < -0.39 is 0 Å². The molecule has 0 aliphatic rings. The molecule has 0 atom stereocenters. The summed E-state index contributed by atoms with van der Waals surface area (Å²) in [4.78, 5) is 8.80. The van der Waals surface area contributed by atoms with Crippen LogP contribution < -0.4 is 0 Å². The molecule has 0 aromatic carbocycles. The van der Waals surface area contributed by atoms with Gasteiger partial charge in [0.15, 0.2) is 0 Å². The van der Waals surface area contributed by atoms with Crippen LogP contribution >= 0.6 is 22.7 Å². The molecule has 0 spiro atoms. The zero-order valence-electron chi connectivity index (χ0n) is 5.39. The third-order valence-corrected chi connectivity index (χ3v) is 2.91. The average molecular weight is 184 g/mol. The Hall–Kier alpha value is -0.940. The van der Waals surface area contributed by atoms with E-state index in [4.69, 9.17) is 5.11 Å². The normalized spacial score (nSPS) is 10.2. The topological polar surface area (TPSA) is 46.0 Å². The Morgan fingerprint density at radius 2 is 2.27 bits per heavy atom. The SMILES string of the molecule is Oc1csc(-c2cncs2)n1. The summed E-state index contributed by atoms with van der Waals surface area (Å²) in [5, 5.41) is 11.4. The Morgan fingerprint density at radius 3 is 2.82 bits per heavy atom. The fourth-order valence-electron chi connectivity index (χ4n) is 0.700. The van der Waals surface area contributed by atoms with Gasteiger partial charge in [0.1, 0.15) is 5.01 Å². The summed E-state index contributed by atoms with van der Waals surface area (Å²) in [6.45, 7) is 0. The maximum absolute atomic E-state index is 8.94. The van der Waals surface area contributed by atoms with Crippen molar-refractivity contribution < 1.29 is 5.11 Å². The summed E-state index contributed by atoms with van der Waals surface area (Å²) in [6, 6.07) is 0. The van der Waals surface area contributed by atoms with Crippen LogP contribution in [0.1, 0.15) is 0 Å². The fourth-order valence-corrected chi connectivity index (χ4v) is 2.08. The minimum Gasteiger partial charge on any atom is -0.493 e. The van der Waals surface area contributed by atoms with E-state index in [1.54, 1.807) is 17.1 Å². The summed E-state index contributed by atoms with van der Waals surface area (Å²) >= 11 is 2.93. The minimum atomic E-state index is 0.0819. The zero-order chi connectivity index (χ0) is 7.68. The molecule has 0 fully saturated rings. The second-order valence-corrected chi connectivity index (χ2v) is 3.62. The Bertz CT molecular complexity index is 341. The van der Waals surface area contributed by atoms with Crippen molar-refractivity contribution >= 4 is 22.7 Å². The number of nitrogens with zero attached hydrogens (tertiary/aromatic N) is 2. The van der Waals surface area contributed by atoms with Crippen molar-refractivity contribution in [1.82, 2.24) is 9.97 Å². The molecule has 0 radical (unpaired) electrons. The van der Waals surface area contributed by atoms with Crippen LogP contribution in [0.2, 0.25) is 0 Å². The Balaban J connectivity index is 2.45. The van der Waals surface area contributed by atoms with Gasteiger partial charge in [-0.25, -0.2) is 4.98 Å². The van der Waals surface area contributed by atoms with E-state index in [1.165, 1.54) is 22.7 Å². The van der Waals surface area contributed by atoms with Crippen LogP contribution in [-0.4, -0.2) is 15.1 Å². The lowest BCUT2D eigenvalue weighted by Crippen LogP contribution is -1.66. The lowest BCUT2D eigenvalue weighted by atomic mass is 10.6. The zero-order valence-corrected chi connectivity index (χ0v) is 7.02. The Labute approximate surface area is 71.0 Å². The lowest BCUT2D eigenvalue weighted by molar-refractivity contribution is 0.458. The lowest BCUT2D eigenvalue weighted by Gasteiger charge is -1.82. The highest BCUT2D eigenvalue weighted by Crippen LogP contribution is 2.28. The number of rotatable bonds is 1. The van der Waals surface area contributed by atoms with Gasteiger partial charge in [0.2, 0.25) is 5.88 Å². The number of aromatic hydroxyl groups is 1. The van der Waals surface area contributed by atoms with E-state index in [1.807, 2.05) is 0 Å². The van der Waals surface area contributed by atoms with E-state index in [2.05, 4.69) is 9.97 Å². The molecule has 2 rings (SSSR count). The highest BCUT2D eigenvalue weighted by Gasteiger charge is 2.03. The molecule has 2 heterocycles. The van der Waals surface area contributed by atoms with Crippen molar-refractivity contribution in [3.63, 3.8) is 0 Å². The van der Waals surface area contributed by atoms with Crippen molar-refractivity contribution in [3.8, 4) is 15.8 Å². The number of hydrogen-bond donors (Lipinski definition) is 1. The Kier molecular flexibility index (Phi) is 1.59. The quantitative estimate of drug-likeness (QED) is 0.737. The van der Waals surface area contributed by atoms with Crippen LogP contribution in [0.25, 0.3) is 9.88 Å². The van der Waals surface area contributed by atoms with Crippen molar-refractivity contribution in [2.75, 3.05) is 0 Å². The van der Waals surface area contributed by atoms with Crippen LogP contribution in [0.3, 0.4) is 0 Å². The van der Waals surface area contributed by atoms with E-state index >= 15 is 0 Å². The molecule has 5 heteroatoms. The number of thiazole rings is 2. The first-order valence-electron chi connectivity index (χ1n) is 2.89. The van der Waals surface area contributed by atoms with Crippen LogP contribution in [0.5, 0.6) is 5.88 Å². The van der Waals surface area contributed by atoms with Crippen LogP contribution in [0.4, 0.5) is 0 Å². The first-order chi connectivity index (χ1) is 5.36. The molecule has 0 amide bonds. The summed E-state index contributed by atoms with van der Waals surface area (Å²) in [5.41, 5.74) is 1.74. The molecular weight excluding hydrogens is 180 g/mol. The van der Waals surface area contributed by atoms with Gasteiger partial charge in [-0.15, -0.1) is 22.7 Å². The standard InChI is InChI=1S/C6H4N2OS2/c9-5-2-10-6(8-5)4-1-7-3-11-4/h1-3,9H. The van der Waals surface area contributed by atoms with Gasteiger partial charge < -0.3 is 5.11 Å². The molecule has 11 heavy (non-hydrogen) atoms. The average Bonchev–Trinajstić information content (AvgIpc) is 2.55. The van der Waals surface area contributed by atoms with Gasteiger partial charge in [-0.05, 0) is 0 Å². The van der Waals surface area contributed by atoms with E-state index in [-0.39, 0.29) is 5.88 Å². The maximum atomic E-state index is 8.94. The van der Waals surface area contributed by atoms with Crippen LogP contribution in [0, 0.1) is 0 Å². The summed E-state index contributed by atoms with van der Waals surface area (Å²) in [5.74, 6) is 0.0819. The molecule has 0 unspecified atom stereocenters. The minimum absolute atomic E-state index is 0.0819. The van der Waals surface area contributed by atoms with Gasteiger partial charge in [-0.2, -0.15) is 0 Å². The van der Waals surface area contributed by atoms with Crippen molar-refractivity contribution in [3.05, 3.63) is 17.1 Å². The first-order valence-corrected chi connectivity index (χ1v) is 4.65. The largest absolute Gasteiger partial charge is 0.493 e. The smallest absolute Gasteiger partial charge is 0.222 e. The fraction of sp³-hybridized carbons (Fsp3) is 0. The third-order valence-electron chi connectivity index (χ3n) is 1.14. The van der Waals surface area contributed by atoms with Crippen molar-refractivity contribution in [2.24, 2.45) is 0 Å². The molecule has 2 aromatic heterocycles. The molecule has 2 aromatic rings. The van der Waals surface area contributed by atoms with Crippen LogP contribution in [-0.2, 0) is 0 Å². The summed E-state index contributed by atoms with van der Waals surface area (Å²) in [7, 11) is 0. The van der Waals surface area contributed by atoms with Gasteiger partial charge in [0, 0.05) is 6.20 Å². The van der Waals surface area contributed by atoms with Gasteiger partial charge >= 0.3 is 0 Å². The first kappa shape index (κ1) is 6.75. The van der Waals surface area contributed by atoms with Crippen molar-refractivity contribution in [2.45, 2.75) is 0 Å². The van der Waals surface area contributed by atoms with Gasteiger partial charge in [-0.1, -0.05) is 0 Å². The molecule has 0 aliphatic heterocycles. The van der Waals surface area contributed by atoms with Gasteiger partial charge in [-0.3, -0.25) is 4.98 Å². The highest BCUT2D eigenvalue weighted by atomic mass is 32.1. The van der Waals surface area contributed by atoms with Gasteiger partial charge in [0.05, 0.1) is 15.8 Å². The maximum Gasteiger partial charge on any atom is 0.222 e. The molecule has 0 saturated carbocycles. The second-order valence-electron chi connectivity index (χ2n) is 1.88. The summed E-state index contributed by atoms with van der Waals surface area (Å²) in [6.07, 6.45) is 1.74. The molecule has 0 saturated heterocycles. The third kappa shape index (κ3) is 1.24. The van der Waals surface area contributed by atoms with E-state index in [0.29, 0.717) is 0 Å².